The van der Waals surface area contributed by atoms with Gasteiger partial charge in [-0.2, -0.15) is 0 Å². The lowest BCUT2D eigenvalue weighted by Crippen LogP contribution is -2.49. The van der Waals surface area contributed by atoms with E-state index in [0.717, 1.165) is 31.5 Å². The minimum Gasteiger partial charge on any atom is -0.351 e. The first-order valence-electron chi connectivity index (χ1n) is 9.67. The van der Waals surface area contributed by atoms with E-state index in [1.165, 1.54) is 5.56 Å². The maximum absolute atomic E-state index is 12.9. The van der Waals surface area contributed by atoms with Gasteiger partial charge in [-0.15, -0.1) is 10.2 Å². The van der Waals surface area contributed by atoms with Gasteiger partial charge in [0.25, 0.3) is 5.91 Å². The summed E-state index contributed by atoms with van der Waals surface area (Å²) in [6, 6.07) is 9.72. The van der Waals surface area contributed by atoms with Gasteiger partial charge in [-0.05, 0) is 38.2 Å². The molecular formula is C20H25N5O2. The fourth-order valence-corrected chi connectivity index (χ4v) is 3.62. The molecule has 7 nitrogen and oxygen atoms in total. The minimum absolute atomic E-state index is 0.00813. The molecule has 1 aliphatic carbocycles. The smallest absolute Gasteiger partial charge is 0.251 e. The Bertz CT molecular complexity index is 828. The van der Waals surface area contributed by atoms with Crippen molar-refractivity contribution in [3.05, 3.63) is 47.5 Å². The number of rotatable bonds is 6. The highest BCUT2D eigenvalue weighted by Crippen LogP contribution is 2.28. The summed E-state index contributed by atoms with van der Waals surface area (Å²) in [6.07, 6.45) is 4.07. The molecule has 1 atom stereocenters. The van der Waals surface area contributed by atoms with Crippen LogP contribution in [-0.4, -0.2) is 44.1 Å². The normalized spacial score (nSPS) is 18.9. The van der Waals surface area contributed by atoms with Crippen LogP contribution in [0.1, 0.15) is 48.9 Å². The third-order valence-electron chi connectivity index (χ3n) is 5.28. The van der Waals surface area contributed by atoms with Crippen LogP contribution < -0.4 is 5.32 Å². The van der Waals surface area contributed by atoms with Gasteiger partial charge in [0.15, 0.2) is 11.9 Å². The first-order valence-corrected chi connectivity index (χ1v) is 9.67. The molecule has 1 aromatic heterocycles. The van der Waals surface area contributed by atoms with E-state index in [1.54, 1.807) is 4.90 Å². The molecule has 1 N–H and O–H groups in total. The highest BCUT2D eigenvalue weighted by molar-refractivity contribution is 5.88. The molecule has 2 heterocycles. The first kappa shape index (κ1) is 17.7. The second kappa shape index (κ2) is 7.50. The van der Waals surface area contributed by atoms with Crippen LogP contribution in [-0.2, 0) is 22.6 Å². The number of nitrogens with one attached hydrogen (secondary N) is 1. The number of fused-ring (bicyclic) bond motifs is 1. The average Bonchev–Trinajstić information content (AvgIpc) is 3.42. The van der Waals surface area contributed by atoms with Crippen LogP contribution in [0.5, 0.6) is 0 Å². The second-order valence-corrected chi connectivity index (χ2v) is 7.37. The quantitative estimate of drug-likeness (QED) is 0.844. The van der Waals surface area contributed by atoms with Gasteiger partial charge in [-0.3, -0.25) is 9.59 Å². The largest absolute Gasteiger partial charge is 0.351 e. The Kier molecular flexibility index (Phi) is 4.92. The number of amides is 2. The van der Waals surface area contributed by atoms with E-state index < -0.39 is 6.04 Å². The summed E-state index contributed by atoms with van der Waals surface area (Å²) in [5.74, 6) is 1.23. The molecule has 1 saturated carbocycles. The van der Waals surface area contributed by atoms with E-state index in [1.807, 2.05) is 29.7 Å². The summed E-state index contributed by atoms with van der Waals surface area (Å²) in [5.41, 5.74) is 1.22. The zero-order valence-electron chi connectivity index (χ0n) is 15.6. The molecule has 0 saturated heterocycles. The van der Waals surface area contributed by atoms with Crippen molar-refractivity contribution in [2.24, 2.45) is 0 Å². The molecule has 1 aliphatic heterocycles. The van der Waals surface area contributed by atoms with Crippen LogP contribution in [0.25, 0.3) is 0 Å². The van der Waals surface area contributed by atoms with Crippen molar-refractivity contribution in [1.82, 2.24) is 25.0 Å². The van der Waals surface area contributed by atoms with E-state index in [2.05, 4.69) is 27.6 Å². The van der Waals surface area contributed by atoms with Crippen molar-refractivity contribution in [1.29, 1.82) is 0 Å². The Hall–Kier alpha value is -2.70. The molecule has 0 bridgehead atoms. The monoisotopic (exact) mass is 367 g/mol. The van der Waals surface area contributed by atoms with Crippen LogP contribution in [0.15, 0.2) is 30.3 Å². The number of carbonyl (C=O) groups excluding carboxylic acids is 2. The topological polar surface area (TPSA) is 80.1 Å². The summed E-state index contributed by atoms with van der Waals surface area (Å²) in [4.78, 5) is 27.4. The zero-order chi connectivity index (χ0) is 18.8. The Balaban J connectivity index is 1.45. The number of hydrogen-bond donors (Lipinski definition) is 1. The molecule has 1 aromatic carbocycles. The molecule has 1 unspecified atom stereocenters. The van der Waals surface area contributed by atoms with Crippen LogP contribution >= 0.6 is 0 Å². The summed E-state index contributed by atoms with van der Waals surface area (Å²) in [7, 11) is 0. The Morgan fingerprint density at radius 1 is 1.15 bits per heavy atom. The van der Waals surface area contributed by atoms with Crippen molar-refractivity contribution in [2.45, 2.75) is 57.7 Å². The number of benzene rings is 1. The van der Waals surface area contributed by atoms with Gasteiger partial charge in [-0.1, -0.05) is 30.3 Å². The minimum atomic E-state index is -0.676. The summed E-state index contributed by atoms with van der Waals surface area (Å²) >= 11 is 0. The van der Waals surface area contributed by atoms with E-state index in [9.17, 15) is 9.59 Å². The van der Waals surface area contributed by atoms with Gasteiger partial charge >= 0.3 is 0 Å². The van der Waals surface area contributed by atoms with Crippen molar-refractivity contribution >= 4 is 11.8 Å². The molecule has 2 aromatic rings. The second-order valence-electron chi connectivity index (χ2n) is 7.37. The number of aromatic nitrogens is 3. The molecular weight excluding hydrogens is 342 g/mol. The molecule has 7 heteroatoms. The number of hydrogen-bond acceptors (Lipinski definition) is 4. The third kappa shape index (κ3) is 3.86. The van der Waals surface area contributed by atoms with Crippen LogP contribution in [0, 0.1) is 6.92 Å². The highest BCUT2D eigenvalue weighted by atomic mass is 16.2. The Morgan fingerprint density at radius 3 is 2.67 bits per heavy atom. The van der Waals surface area contributed by atoms with Crippen molar-refractivity contribution < 1.29 is 9.59 Å². The lowest BCUT2D eigenvalue weighted by molar-refractivity contribution is -0.142. The van der Waals surface area contributed by atoms with Crippen molar-refractivity contribution in [2.75, 3.05) is 6.54 Å². The molecule has 1 fully saturated rings. The highest BCUT2D eigenvalue weighted by Gasteiger charge is 2.40. The summed E-state index contributed by atoms with van der Waals surface area (Å²) in [5, 5.41) is 11.3. The maximum Gasteiger partial charge on any atom is 0.251 e. The average molecular weight is 367 g/mol. The lowest BCUT2D eigenvalue weighted by atomic mass is 10.1. The molecule has 142 valence electrons. The maximum atomic E-state index is 12.9. The molecule has 2 aliphatic rings. The molecule has 27 heavy (non-hydrogen) atoms. The Labute approximate surface area is 158 Å². The standard InChI is InChI=1S/C20H25N5O2/c1-14-22-23-19-18(20(27)21-16-10-11-16)25(13-12-24(14)19)17(26)9-5-8-15-6-3-2-4-7-15/h2-4,6-7,16,18H,5,8-13H2,1H3,(H,21,27). The number of carbonyl (C=O) groups is 2. The van der Waals surface area contributed by atoms with E-state index in [0.29, 0.717) is 25.3 Å². The van der Waals surface area contributed by atoms with Gasteiger partial charge in [0.1, 0.15) is 5.82 Å². The molecule has 2 amide bonds. The predicted octanol–water partition coefficient (Wildman–Crippen LogP) is 1.77. The van der Waals surface area contributed by atoms with Gasteiger partial charge < -0.3 is 14.8 Å². The van der Waals surface area contributed by atoms with E-state index >= 15 is 0 Å². The van der Waals surface area contributed by atoms with Crippen LogP contribution in [0.3, 0.4) is 0 Å². The summed E-state index contributed by atoms with van der Waals surface area (Å²) in [6.45, 7) is 3.02. The van der Waals surface area contributed by atoms with Crippen LogP contribution in [0.2, 0.25) is 0 Å². The van der Waals surface area contributed by atoms with E-state index in [-0.39, 0.29) is 17.9 Å². The Morgan fingerprint density at radius 2 is 1.93 bits per heavy atom. The van der Waals surface area contributed by atoms with Gasteiger partial charge in [-0.25, -0.2) is 0 Å². The summed E-state index contributed by atoms with van der Waals surface area (Å²) < 4.78 is 1.95. The number of aryl methyl sites for hydroxylation is 2. The lowest BCUT2D eigenvalue weighted by Gasteiger charge is -2.35. The molecule has 4 rings (SSSR count). The fourth-order valence-electron chi connectivity index (χ4n) is 3.62. The van der Waals surface area contributed by atoms with Crippen molar-refractivity contribution in [3.63, 3.8) is 0 Å². The number of nitrogens with zero attached hydrogens (tertiary/aromatic N) is 4. The molecule has 0 spiro atoms. The van der Waals surface area contributed by atoms with Crippen LogP contribution in [0.4, 0.5) is 0 Å². The van der Waals surface area contributed by atoms with Crippen molar-refractivity contribution in [3.8, 4) is 0 Å². The van der Waals surface area contributed by atoms with Gasteiger partial charge in [0.2, 0.25) is 5.91 Å². The SMILES string of the molecule is Cc1nnc2n1CCN(C(=O)CCCc1ccccc1)C2C(=O)NC1CC1. The fraction of sp³-hybridized carbons (Fsp3) is 0.500. The predicted molar refractivity (Wildman–Crippen MR) is 99.8 cm³/mol. The zero-order valence-corrected chi connectivity index (χ0v) is 15.6. The van der Waals surface area contributed by atoms with E-state index in [4.69, 9.17) is 0 Å². The first-order chi connectivity index (χ1) is 13.1. The third-order valence-corrected chi connectivity index (χ3v) is 5.28. The molecule has 0 radical (unpaired) electrons. The van der Waals surface area contributed by atoms with Gasteiger partial charge in [0.05, 0.1) is 0 Å². The van der Waals surface area contributed by atoms with Gasteiger partial charge in [0, 0.05) is 25.6 Å².